The number of ether oxygens (including phenoxy) is 1. The smallest absolute Gasteiger partial charge is 0.200 e. The number of nitrogens with zero attached hydrogens (tertiary/aromatic N) is 1. The first-order valence-corrected chi connectivity index (χ1v) is 6.33. The second-order valence-electron chi connectivity index (χ2n) is 3.80. The van der Waals surface area contributed by atoms with Crippen LogP contribution in [0.4, 0.5) is 8.78 Å². The molecule has 0 aliphatic heterocycles. The Morgan fingerprint density at radius 1 is 1.32 bits per heavy atom. The minimum absolute atomic E-state index is 0.102. The molecule has 0 saturated heterocycles. The quantitative estimate of drug-likeness (QED) is 0.877. The van der Waals surface area contributed by atoms with Gasteiger partial charge in [-0.3, -0.25) is 4.98 Å². The Morgan fingerprint density at radius 2 is 2.11 bits per heavy atom. The summed E-state index contributed by atoms with van der Waals surface area (Å²) in [7, 11) is 0. The zero-order valence-corrected chi connectivity index (χ0v) is 11.4. The van der Waals surface area contributed by atoms with E-state index in [9.17, 15) is 8.78 Å². The summed E-state index contributed by atoms with van der Waals surface area (Å²) >= 11 is 3.08. The second-order valence-corrected chi connectivity index (χ2v) is 4.71. The monoisotopic (exact) mass is 328 g/mol. The lowest BCUT2D eigenvalue weighted by Gasteiger charge is -2.17. The Morgan fingerprint density at radius 3 is 2.74 bits per heavy atom. The van der Waals surface area contributed by atoms with Gasteiger partial charge < -0.3 is 10.5 Å². The van der Waals surface area contributed by atoms with Crippen molar-refractivity contribution >= 4 is 15.9 Å². The number of halogens is 3. The molecule has 1 heterocycles. The SMILES string of the molecule is NCC(Oc1cc(Br)cc(F)c1F)c1ccccn1. The molecule has 1 atom stereocenters. The molecule has 0 saturated carbocycles. The molecule has 0 aliphatic carbocycles. The molecule has 1 aromatic heterocycles. The molecule has 1 unspecified atom stereocenters. The molecule has 0 bridgehead atoms. The van der Waals surface area contributed by atoms with Crippen molar-refractivity contribution in [3.63, 3.8) is 0 Å². The zero-order chi connectivity index (χ0) is 13.8. The Labute approximate surface area is 117 Å². The molecule has 100 valence electrons. The van der Waals surface area contributed by atoms with Gasteiger partial charge in [0.05, 0.1) is 5.69 Å². The first-order chi connectivity index (χ1) is 9.11. The van der Waals surface area contributed by atoms with E-state index in [1.807, 2.05) is 0 Å². The van der Waals surface area contributed by atoms with Gasteiger partial charge in [-0.1, -0.05) is 22.0 Å². The number of hydrogen-bond acceptors (Lipinski definition) is 3. The fourth-order valence-corrected chi connectivity index (χ4v) is 1.98. The molecule has 19 heavy (non-hydrogen) atoms. The maximum absolute atomic E-state index is 13.6. The number of hydrogen-bond donors (Lipinski definition) is 1. The van der Waals surface area contributed by atoms with Gasteiger partial charge in [-0.25, -0.2) is 4.39 Å². The number of pyridine rings is 1. The molecule has 2 aromatic rings. The molecule has 3 nitrogen and oxygen atoms in total. The van der Waals surface area contributed by atoms with E-state index in [0.717, 1.165) is 6.07 Å². The van der Waals surface area contributed by atoms with Crippen LogP contribution in [0.25, 0.3) is 0 Å². The van der Waals surface area contributed by atoms with Crippen LogP contribution < -0.4 is 10.5 Å². The summed E-state index contributed by atoms with van der Waals surface area (Å²) in [4.78, 5) is 4.09. The van der Waals surface area contributed by atoms with Crippen LogP contribution in [0.3, 0.4) is 0 Å². The maximum atomic E-state index is 13.6. The zero-order valence-electron chi connectivity index (χ0n) is 9.82. The van der Waals surface area contributed by atoms with Crippen molar-refractivity contribution < 1.29 is 13.5 Å². The molecule has 2 rings (SSSR count). The van der Waals surface area contributed by atoms with Gasteiger partial charge in [0.15, 0.2) is 17.7 Å². The standard InChI is InChI=1S/C13H11BrF2N2O/c14-8-5-9(15)13(16)11(6-8)19-12(7-17)10-3-1-2-4-18-10/h1-6,12H,7,17H2. The molecular formula is C13H11BrF2N2O. The molecule has 2 N–H and O–H groups in total. The van der Waals surface area contributed by atoms with E-state index in [1.54, 1.807) is 24.4 Å². The number of benzene rings is 1. The lowest BCUT2D eigenvalue weighted by Crippen LogP contribution is -2.20. The van der Waals surface area contributed by atoms with Gasteiger partial charge in [0.25, 0.3) is 0 Å². The average molecular weight is 329 g/mol. The lowest BCUT2D eigenvalue weighted by atomic mass is 10.2. The van der Waals surface area contributed by atoms with Crippen LogP contribution in [0.5, 0.6) is 5.75 Å². The van der Waals surface area contributed by atoms with Crippen molar-refractivity contribution in [2.24, 2.45) is 5.73 Å². The highest BCUT2D eigenvalue weighted by Crippen LogP contribution is 2.28. The van der Waals surface area contributed by atoms with Crippen molar-refractivity contribution in [1.82, 2.24) is 4.98 Å². The highest BCUT2D eigenvalue weighted by atomic mass is 79.9. The Hall–Kier alpha value is -1.53. The molecule has 0 aliphatic rings. The summed E-state index contributed by atoms with van der Waals surface area (Å²) in [6.45, 7) is 0.102. The van der Waals surface area contributed by atoms with Crippen molar-refractivity contribution in [1.29, 1.82) is 0 Å². The highest BCUT2D eigenvalue weighted by Gasteiger charge is 2.18. The highest BCUT2D eigenvalue weighted by molar-refractivity contribution is 9.10. The molecule has 0 radical (unpaired) electrons. The van der Waals surface area contributed by atoms with E-state index in [2.05, 4.69) is 20.9 Å². The van der Waals surface area contributed by atoms with Crippen LogP contribution in [0.2, 0.25) is 0 Å². The molecule has 0 fully saturated rings. The van der Waals surface area contributed by atoms with Crippen molar-refractivity contribution in [3.8, 4) is 5.75 Å². The van der Waals surface area contributed by atoms with Crippen molar-refractivity contribution in [2.75, 3.05) is 6.54 Å². The van der Waals surface area contributed by atoms with Gasteiger partial charge in [-0.05, 0) is 24.3 Å². The molecular weight excluding hydrogens is 318 g/mol. The van der Waals surface area contributed by atoms with Crippen LogP contribution in [0.15, 0.2) is 41.0 Å². The van der Waals surface area contributed by atoms with E-state index in [1.165, 1.54) is 6.07 Å². The van der Waals surface area contributed by atoms with Gasteiger partial charge in [-0.2, -0.15) is 4.39 Å². The first-order valence-electron chi connectivity index (χ1n) is 5.54. The summed E-state index contributed by atoms with van der Waals surface area (Å²) in [6, 6.07) is 7.61. The predicted octanol–water partition coefficient (Wildman–Crippen LogP) is 3.20. The fraction of sp³-hybridized carbons (Fsp3) is 0.154. The third-order valence-electron chi connectivity index (χ3n) is 2.46. The lowest BCUT2D eigenvalue weighted by molar-refractivity contribution is 0.197. The molecule has 0 spiro atoms. The minimum Gasteiger partial charge on any atom is -0.480 e. The topological polar surface area (TPSA) is 48.1 Å². The normalized spacial score (nSPS) is 12.2. The van der Waals surface area contributed by atoms with E-state index < -0.39 is 17.7 Å². The molecule has 1 aromatic carbocycles. The largest absolute Gasteiger partial charge is 0.480 e. The Balaban J connectivity index is 2.29. The van der Waals surface area contributed by atoms with Crippen LogP contribution in [-0.2, 0) is 0 Å². The van der Waals surface area contributed by atoms with E-state index in [-0.39, 0.29) is 12.3 Å². The first kappa shape index (κ1) is 13.9. The number of nitrogens with two attached hydrogens (primary N) is 1. The third-order valence-corrected chi connectivity index (χ3v) is 2.92. The molecule has 0 amide bonds. The van der Waals surface area contributed by atoms with Crippen LogP contribution in [-0.4, -0.2) is 11.5 Å². The number of aromatic nitrogens is 1. The van der Waals surface area contributed by atoms with E-state index in [0.29, 0.717) is 10.2 Å². The summed E-state index contributed by atoms with van der Waals surface area (Å²) in [5, 5.41) is 0. The van der Waals surface area contributed by atoms with Crippen LogP contribution in [0.1, 0.15) is 11.8 Å². The number of rotatable bonds is 4. The van der Waals surface area contributed by atoms with Crippen molar-refractivity contribution in [2.45, 2.75) is 6.10 Å². The average Bonchev–Trinajstić information content (AvgIpc) is 2.42. The summed E-state index contributed by atoms with van der Waals surface area (Å²) < 4.78 is 32.7. The van der Waals surface area contributed by atoms with Gasteiger partial charge in [0.1, 0.15) is 0 Å². The van der Waals surface area contributed by atoms with Gasteiger partial charge >= 0.3 is 0 Å². The Bertz CT molecular complexity index is 566. The minimum atomic E-state index is -1.04. The summed E-state index contributed by atoms with van der Waals surface area (Å²) in [5.41, 5.74) is 6.15. The van der Waals surface area contributed by atoms with E-state index in [4.69, 9.17) is 10.5 Å². The van der Waals surface area contributed by atoms with Gasteiger partial charge in [-0.15, -0.1) is 0 Å². The van der Waals surface area contributed by atoms with Crippen LogP contribution in [0, 0.1) is 11.6 Å². The fourth-order valence-electron chi connectivity index (χ4n) is 1.57. The predicted molar refractivity (Wildman–Crippen MR) is 70.7 cm³/mol. The van der Waals surface area contributed by atoms with Gasteiger partial charge in [0, 0.05) is 17.2 Å². The maximum Gasteiger partial charge on any atom is 0.200 e. The van der Waals surface area contributed by atoms with E-state index >= 15 is 0 Å². The summed E-state index contributed by atoms with van der Waals surface area (Å²) in [5.74, 6) is -2.23. The second kappa shape index (κ2) is 6.08. The van der Waals surface area contributed by atoms with Crippen molar-refractivity contribution in [3.05, 3.63) is 58.3 Å². The molecule has 6 heteroatoms. The summed E-state index contributed by atoms with van der Waals surface area (Å²) in [6.07, 6.45) is 0.948. The Kier molecular flexibility index (Phi) is 4.44. The third kappa shape index (κ3) is 3.27. The van der Waals surface area contributed by atoms with Gasteiger partial charge in [0.2, 0.25) is 5.82 Å². The van der Waals surface area contributed by atoms with Crippen LogP contribution >= 0.6 is 15.9 Å².